The van der Waals surface area contributed by atoms with Gasteiger partial charge in [0, 0.05) is 0 Å². The van der Waals surface area contributed by atoms with Crippen LogP contribution in [0.4, 0.5) is 5.69 Å². The van der Waals surface area contributed by atoms with Crippen molar-refractivity contribution in [3.63, 3.8) is 0 Å². The van der Waals surface area contributed by atoms with Gasteiger partial charge >= 0.3 is 0 Å². The summed E-state index contributed by atoms with van der Waals surface area (Å²) in [7, 11) is 0. The van der Waals surface area contributed by atoms with Crippen LogP contribution in [0.1, 0.15) is 6.92 Å². The molecule has 0 unspecified atom stereocenters. The monoisotopic (exact) mass is 415 g/mol. The number of fused-ring (bicyclic) bond motifs is 1. The minimum absolute atomic E-state index is 0.159. The number of hydrogen-bond acceptors (Lipinski definition) is 5. The van der Waals surface area contributed by atoms with Gasteiger partial charge in [-0.05, 0) is 55.5 Å². The third-order valence-electron chi connectivity index (χ3n) is 4.57. The van der Waals surface area contributed by atoms with Crippen LogP contribution in [0.2, 0.25) is 0 Å². The van der Waals surface area contributed by atoms with Crippen molar-refractivity contribution in [2.75, 3.05) is 11.9 Å². The minimum atomic E-state index is -0.359. The van der Waals surface area contributed by atoms with Gasteiger partial charge in [0.15, 0.2) is 5.75 Å². The van der Waals surface area contributed by atoms with E-state index in [0.717, 1.165) is 5.75 Å². The molecule has 1 N–H and O–H groups in total. The van der Waals surface area contributed by atoms with Crippen molar-refractivity contribution in [2.45, 2.75) is 13.5 Å². The number of benzene rings is 3. The molecule has 0 saturated carbocycles. The third kappa shape index (κ3) is 4.72. The number of nitrogens with one attached hydrogen (secondary N) is 1. The lowest BCUT2D eigenvalue weighted by molar-refractivity contribution is -0.116. The van der Waals surface area contributed by atoms with Gasteiger partial charge in [0.2, 0.25) is 5.91 Å². The Bertz CT molecular complexity index is 1270. The fraction of sp³-hybridized carbons (Fsp3) is 0.125. The Kier molecular flexibility index (Phi) is 5.93. The number of rotatable bonds is 7. The second-order valence-electron chi connectivity index (χ2n) is 6.75. The minimum Gasteiger partial charge on any atom is -0.494 e. The first kappa shape index (κ1) is 20.2. The number of nitrogens with zero attached hydrogens (tertiary/aromatic N) is 2. The van der Waals surface area contributed by atoms with E-state index in [2.05, 4.69) is 10.3 Å². The zero-order valence-corrected chi connectivity index (χ0v) is 16.9. The van der Waals surface area contributed by atoms with Gasteiger partial charge in [-0.1, -0.05) is 24.3 Å². The third-order valence-corrected chi connectivity index (χ3v) is 4.57. The summed E-state index contributed by atoms with van der Waals surface area (Å²) >= 11 is 0. The Labute approximate surface area is 178 Å². The van der Waals surface area contributed by atoms with Crippen LogP contribution in [0.3, 0.4) is 0 Å². The number of carbonyl (C=O) groups is 1. The normalized spacial score (nSPS) is 10.6. The average Bonchev–Trinajstić information content (AvgIpc) is 2.79. The lowest BCUT2D eigenvalue weighted by atomic mass is 10.2. The maximum Gasteiger partial charge on any atom is 0.261 e. The van der Waals surface area contributed by atoms with Crippen molar-refractivity contribution in [3.05, 3.63) is 89.5 Å². The lowest BCUT2D eigenvalue weighted by Crippen LogP contribution is -2.28. The fourth-order valence-corrected chi connectivity index (χ4v) is 3.12. The van der Waals surface area contributed by atoms with Gasteiger partial charge in [0.25, 0.3) is 5.56 Å². The van der Waals surface area contributed by atoms with E-state index in [9.17, 15) is 9.59 Å². The number of hydrogen-bond donors (Lipinski definition) is 1. The molecule has 0 bridgehead atoms. The van der Waals surface area contributed by atoms with Gasteiger partial charge in [-0.15, -0.1) is 0 Å². The first-order valence-corrected chi connectivity index (χ1v) is 9.88. The lowest BCUT2D eigenvalue weighted by Gasteiger charge is -2.13. The molecule has 0 fully saturated rings. The molecule has 0 atom stereocenters. The van der Waals surface area contributed by atoms with E-state index in [0.29, 0.717) is 34.7 Å². The van der Waals surface area contributed by atoms with Crippen LogP contribution in [0, 0.1) is 0 Å². The summed E-state index contributed by atoms with van der Waals surface area (Å²) in [6.07, 6.45) is 1.38. The first-order chi connectivity index (χ1) is 15.1. The van der Waals surface area contributed by atoms with E-state index in [1.54, 1.807) is 48.5 Å². The quantitative estimate of drug-likeness (QED) is 0.489. The summed E-state index contributed by atoms with van der Waals surface area (Å²) in [5.74, 6) is 1.50. The molecule has 0 aliphatic heterocycles. The van der Waals surface area contributed by atoms with Gasteiger partial charge in [-0.2, -0.15) is 0 Å². The molecule has 7 nitrogen and oxygen atoms in total. The summed E-state index contributed by atoms with van der Waals surface area (Å²) < 4.78 is 12.6. The summed E-state index contributed by atoms with van der Waals surface area (Å²) in [5.41, 5.74) is 0.834. The molecular weight excluding hydrogens is 394 g/mol. The first-order valence-electron chi connectivity index (χ1n) is 9.88. The highest BCUT2D eigenvalue weighted by molar-refractivity contribution is 5.92. The predicted molar refractivity (Wildman–Crippen MR) is 119 cm³/mol. The molecule has 1 heterocycles. The Balaban J connectivity index is 1.49. The summed E-state index contributed by atoms with van der Waals surface area (Å²) in [5, 5.41) is 3.28. The molecule has 0 aliphatic carbocycles. The molecule has 1 amide bonds. The molecule has 0 radical (unpaired) electrons. The van der Waals surface area contributed by atoms with Crippen LogP contribution >= 0.6 is 0 Å². The van der Waals surface area contributed by atoms with Crippen molar-refractivity contribution in [1.29, 1.82) is 0 Å². The smallest absolute Gasteiger partial charge is 0.261 e. The van der Waals surface area contributed by atoms with Gasteiger partial charge in [0.05, 0.1) is 29.5 Å². The van der Waals surface area contributed by atoms with Crippen molar-refractivity contribution in [1.82, 2.24) is 9.55 Å². The highest BCUT2D eigenvalue weighted by Crippen LogP contribution is 2.30. The molecule has 31 heavy (non-hydrogen) atoms. The highest BCUT2D eigenvalue weighted by atomic mass is 16.5. The maximum atomic E-state index is 12.6. The standard InChI is InChI=1S/C24H21N3O4/c1-2-30-17-11-13-18(14-12-17)31-22-10-6-5-9-21(22)26-23(28)15-27-16-25-20-8-4-3-7-19(20)24(27)29/h3-14,16H,2,15H2,1H3,(H,26,28). The molecule has 156 valence electrons. The Hall–Kier alpha value is -4.13. The molecule has 7 heteroatoms. The maximum absolute atomic E-state index is 12.6. The van der Waals surface area contributed by atoms with E-state index in [1.807, 2.05) is 31.2 Å². The Morgan fingerprint density at radius 3 is 2.48 bits per heavy atom. The zero-order chi connectivity index (χ0) is 21.6. The predicted octanol–water partition coefficient (Wildman–Crippen LogP) is 4.23. The molecule has 0 saturated heterocycles. The second kappa shape index (κ2) is 9.13. The SMILES string of the molecule is CCOc1ccc(Oc2ccccc2NC(=O)Cn2cnc3ccccc3c2=O)cc1. The van der Waals surface area contributed by atoms with Crippen molar-refractivity contribution < 1.29 is 14.3 Å². The number of anilines is 1. The summed E-state index contributed by atoms with van der Waals surface area (Å²) in [6.45, 7) is 2.35. The Morgan fingerprint density at radius 1 is 0.968 bits per heavy atom. The van der Waals surface area contributed by atoms with E-state index < -0.39 is 0 Å². The highest BCUT2D eigenvalue weighted by Gasteiger charge is 2.11. The largest absolute Gasteiger partial charge is 0.494 e. The molecule has 4 rings (SSSR count). The van der Waals surface area contributed by atoms with Crippen molar-refractivity contribution >= 4 is 22.5 Å². The van der Waals surface area contributed by atoms with E-state index in [-0.39, 0.29) is 18.0 Å². The summed E-state index contributed by atoms with van der Waals surface area (Å²) in [6, 6.07) is 21.4. The molecule has 0 aliphatic rings. The van der Waals surface area contributed by atoms with E-state index in [4.69, 9.17) is 9.47 Å². The van der Waals surface area contributed by atoms with Crippen molar-refractivity contribution in [3.8, 4) is 17.2 Å². The Morgan fingerprint density at radius 2 is 1.68 bits per heavy atom. The molecule has 4 aromatic rings. The topological polar surface area (TPSA) is 82.4 Å². The number of carbonyl (C=O) groups excluding carboxylic acids is 1. The number of amides is 1. The van der Waals surface area contributed by atoms with Crippen LogP contribution in [-0.4, -0.2) is 22.1 Å². The van der Waals surface area contributed by atoms with Gasteiger partial charge in [0.1, 0.15) is 18.0 Å². The van der Waals surface area contributed by atoms with Gasteiger partial charge in [-0.3, -0.25) is 14.2 Å². The molecule has 3 aromatic carbocycles. The van der Waals surface area contributed by atoms with Crippen LogP contribution in [0.15, 0.2) is 83.9 Å². The average molecular weight is 415 g/mol. The number of para-hydroxylation sites is 3. The molecule has 0 spiro atoms. The van der Waals surface area contributed by atoms with E-state index >= 15 is 0 Å². The zero-order valence-electron chi connectivity index (χ0n) is 16.9. The van der Waals surface area contributed by atoms with Crippen LogP contribution in [0.5, 0.6) is 17.2 Å². The van der Waals surface area contributed by atoms with Crippen molar-refractivity contribution in [2.24, 2.45) is 0 Å². The van der Waals surface area contributed by atoms with Gasteiger partial charge in [-0.25, -0.2) is 4.98 Å². The van der Waals surface area contributed by atoms with Crippen LogP contribution < -0.4 is 20.3 Å². The second-order valence-corrected chi connectivity index (χ2v) is 6.75. The van der Waals surface area contributed by atoms with Gasteiger partial charge < -0.3 is 14.8 Å². The molecule has 1 aromatic heterocycles. The fourth-order valence-electron chi connectivity index (χ4n) is 3.12. The van der Waals surface area contributed by atoms with E-state index in [1.165, 1.54) is 10.9 Å². The van der Waals surface area contributed by atoms with Crippen LogP contribution in [0.25, 0.3) is 10.9 Å². The molecular formula is C24H21N3O4. The van der Waals surface area contributed by atoms with Crippen LogP contribution in [-0.2, 0) is 11.3 Å². The summed E-state index contributed by atoms with van der Waals surface area (Å²) in [4.78, 5) is 29.5. The number of aromatic nitrogens is 2. The number of ether oxygens (including phenoxy) is 2.